The van der Waals surface area contributed by atoms with Gasteiger partial charge in [-0.1, -0.05) is 23.7 Å². The van der Waals surface area contributed by atoms with E-state index >= 15 is 0 Å². The van der Waals surface area contributed by atoms with Gasteiger partial charge in [0.1, 0.15) is 11.4 Å². The molecule has 25 heavy (non-hydrogen) atoms. The van der Waals surface area contributed by atoms with Gasteiger partial charge < -0.3 is 15.8 Å². The van der Waals surface area contributed by atoms with Gasteiger partial charge in [-0.2, -0.15) is 0 Å². The number of primary amides is 1. The Bertz CT molecular complexity index is 854. The molecule has 2 aromatic rings. The van der Waals surface area contributed by atoms with E-state index in [-0.39, 0.29) is 22.7 Å². The van der Waals surface area contributed by atoms with Crippen LogP contribution in [0.25, 0.3) is 0 Å². The number of hydrogen-bond donors (Lipinski definition) is 2. The Morgan fingerprint density at radius 1 is 1.32 bits per heavy atom. The fourth-order valence-electron chi connectivity index (χ4n) is 2.11. The Labute approximate surface area is 147 Å². The molecule has 8 nitrogen and oxygen atoms in total. The Morgan fingerprint density at radius 3 is 2.68 bits per heavy atom. The molecule has 0 heterocycles. The summed E-state index contributed by atoms with van der Waals surface area (Å²) in [7, 11) is 0. The minimum absolute atomic E-state index is 0.0298. The summed E-state index contributed by atoms with van der Waals surface area (Å²) < 4.78 is 5.29. The molecular weight excluding hydrogens is 350 g/mol. The van der Waals surface area contributed by atoms with E-state index in [1.54, 1.807) is 13.0 Å². The van der Waals surface area contributed by atoms with E-state index in [1.807, 2.05) is 0 Å². The van der Waals surface area contributed by atoms with Gasteiger partial charge in [-0.25, -0.2) is 0 Å². The number of halogens is 1. The molecule has 0 unspecified atom stereocenters. The van der Waals surface area contributed by atoms with Crippen LogP contribution in [-0.4, -0.2) is 23.3 Å². The lowest BCUT2D eigenvalue weighted by molar-refractivity contribution is -0.384. The Kier molecular flexibility index (Phi) is 5.56. The van der Waals surface area contributed by atoms with Gasteiger partial charge in [0.05, 0.1) is 10.5 Å². The van der Waals surface area contributed by atoms with E-state index < -0.39 is 23.3 Å². The maximum absolute atomic E-state index is 12.1. The van der Waals surface area contributed by atoms with Gasteiger partial charge in [-0.05, 0) is 30.7 Å². The highest BCUT2D eigenvalue weighted by Gasteiger charge is 2.18. The molecule has 0 radical (unpaired) electrons. The number of hydrogen-bond acceptors (Lipinski definition) is 5. The van der Waals surface area contributed by atoms with Crippen molar-refractivity contribution in [2.24, 2.45) is 5.73 Å². The smallest absolute Gasteiger partial charge is 0.293 e. The molecule has 0 aliphatic rings. The first-order valence-corrected chi connectivity index (χ1v) is 7.43. The average molecular weight is 364 g/mol. The molecule has 0 bridgehead atoms. The number of para-hydroxylation sites is 1. The van der Waals surface area contributed by atoms with Crippen molar-refractivity contribution in [3.63, 3.8) is 0 Å². The third kappa shape index (κ3) is 4.45. The van der Waals surface area contributed by atoms with E-state index in [4.69, 9.17) is 22.1 Å². The zero-order valence-corrected chi connectivity index (χ0v) is 13.9. The third-order valence-corrected chi connectivity index (χ3v) is 3.51. The number of nitro benzene ring substituents is 1. The van der Waals surface area contributed by atoms with Crippen molar-refractivity contribution in [3.8, 4) is 5.75 Å². The van der Waals surface area contributed by atoms with E-state index in [1.165, 1.54) is 30.3 Å². The fourth-order valence-corrected chi connectivity index (χ4v) is 2.28. The first-order valence-electron chi connectivity index (χ1n) is 7.05. The van der Waals surface area contributed by atoms with E-state index in [0.717, 1.165) is 0 Å². The van der Waals surface area contributed by atoms with Crippen LogP contribution in [0.5, 0.6) is 5.75 Å². The number of aryl methyl sites for hydroxylation is 1. The van der Waals surface area contributed by atoms with Gasteiger partial charge in [-0.15, -0.1) is 0 Å². The highest BCUT2D eigenvalue weighted by molar-refractivity contribution is 6.31. The Morgan fingerprint density at radius 2 is 2.04 bits per heavy atom. The van der Waals surface area contributed by atoms with Crippen molar-refractivity contribution in [1.82, 2.24) is 0 Å². The van der Waals surface area contributed by atoms with E-state index in [2.05, 4.69) is 5.32 Å². The maximum Gasteiger partial charge on any atom is 0.293 e. The second-order valence-corrected chi connectivity index (χ2v) is 5.50. The van der Waals surface area contributed by atoms with Crippen molar-refractivity contribution in [2.75, 3.05) is 11.9 Å². The average Bonchev–Trinajstić information content (AvgIpc) is 2.55. The summed E-state index contributed by atoms with van der Waals surface area (Å²) in [6, 6.07) is 8.65. The monoisotopic (exact) mass is 363 g/mol. The summed E-state index contributed by atoms with van der Waals surface area (Å²) in [5.74, 6) is -1.29. The molecule has 0 aliphatic carbocycles. The van der Waals surface area contributed by atoms with Crippen LogP contribution < -0.4 is 15.8 Å². The number of ether oxygens (including phenoxy) is 1. The maximum atomic E-state index is 12.1. The predicted octanol–water partition coefficient (Wildman–Crippen LogP) is 2.67. The molecule has 0 spiro atoms. The van der Waals surface area contributed by atoms with Gasteiger partial charge in [0, 0.05) is 11.1 Å². The number of nitrogens with two attached hydrogens (primary N) is 1. The fraction of sp³-hybridized carbons (Fsp3) is 0.125. The molecule has 0 atom stereocenters. The van der Waals surface area contributed by atoms with Crippen molar-refractivity contribution >= 4 is 34.8 Å². The van der Waals surface area contributed by atoms with Crippen LogP contribution in [-0.2, 0) is 4.79 Å². The molecule has 0 saturated heterocycles. The standard InChI is InChI=1S/C16H14ClN3O5/c1-9-3-2-4-12(20(23)24)15(9)19-14(21)8-25-13-6-5-10(17)7-11(13)16(18)22/h2-7H,8H2,1H3,(H2,18,22)(H,19,21). The number of amides is 2. The first kappa shape index (κ1) is 18.2. The summed E-state index contributed by atoms with van der Waals surface area (Å²) >= 11 is 5.79. The number of anilines is 1. The van der Waals surface area contributed by atoms with Gasteiger partial charge in [0.25, 0.3) is 17.5 Å². The van der Waals surface area contributed by atoms with Crippen LogP contribution in [0, 0.1) is 17.0 Å². The first-order chi connectivity index (χ1) is 11.8. The predicted molar refractivity (Wildman–Crippen MR) is 91.9 cm³/mol. The van der Waals surface area contributed by atoms with Crippen LogP contribution in [0.4, 0.5) is 11.4 Å². The largest absolute Gasteiger partial charge is 0.483 e. The highest BCUT2D eigenvalue weighted by Crippen LogP contribution is 2.28. The van der Waals surface area contributed by atoms with Crippen molar-refractivity contribution in [3.05, 3.63) is 62.7 Å². The molecule has 130 valence electrons. The summed E-state index contributed by atoms with van der Waals surface area (Å²) in [4.78, 5) is 33.9. The second-order valence-electron chi connectivity index (χ2n) is 5.07. The lowest BCUT2D eigenvalue weighted by Gasteiger charge is -2.11. The molecule has 0 aromatic heterocycles. The molecule has 0 fully saturated rings. The lowest BCUT2D eigenvalue weighted by atomic mass is 10.1. The Balaban J connectivity index is 2.13. The van der Waals surface area contributed by atoms with Gasteiger partial charge in [-0.3, -0.25) is 19.7 Å². The number of benzene rings is 2. The van der Waals surface area contributed by atoms with Crippen LogP contribution >= 0.6 is 11.6 Å². The summed E-state index contributed by atoms with van der Waals surface area (Å²) in [6.07, 6.45) is 0. The minimum atomic E-state index is -0.757. The van der Waals surface area contributed by atoms with Crippen LogP contribution in [0.15, 0.2) is 36.4 Å². The number of nitrogens with one attached hydrogen (secondary N) is 1. The second kappa shape index (κ2) is 7.63. The molecule has 2 aromatic carbocycles. The Hall–Kier alpha value is -3.13. The number of rotatable bonds is 6. The highest BCUT2D eigenvalue weighted by atomic mass is 35.5. The summed E-state index contributed by atoms with van der Waals surface area (Å²) in [6.45, 7) is 1.17. The molecule has 2 rings (SSSR count). The van der Waals surface area contributed by atoms with Crippen LogP contribution in [0.1, 0.15) is 15.9 Å². The van der Waals surface area contributed by atoms with Gasteiger partial charge >= 0.3 is 0 Å². The summed E-state index contributed by atoms with van der Waals surface area (Å²) in [5, 5.41) is 13.8. The topological polar surface area (TPSA) is 125 Å². The SMILES string of the molecule is Cc1cccc([N+](=O)[O-])c1NC(=O)COc1ccc(Cl)cc1C(N)=O. The molecule has 0 aliphatic heterocycles. The number of nitrogens with zero attached hydrogens (tertiary/aromatic N) is 1. The van der Waals surface area contributed by atoms with Crippen molar-refractivity contribution < 1.29 is 19.2 Å². The zero-order chi connectivity index (χ0) is 18.6. The molecular formula is C16H14ClN3O5. The van der Waals surface area contributed by atoms with Crippen LogP contribution in [0.2, 0.25) is 5.02 Å². The molecule has 3 N–H and O–H groups in total. The van der Waals surface area contributed by atoms with Crippen molar-refractivity contribution in [1.29, 1.82) is 0 Å². The number of carbonyl (C=O) groups is 2. The van der Waals surface area contributed by atoms with Gasteiger partial charge in [0.2, 0.25) is 0 Å². The van der Waals surface area contributed by atoms with Crippen molar-refractivity contribution in [2.45, 2.75) is 6.92 Å². The lowest BCUT2D eigenvalue weighted by Crippen LogP contribution is -2.22. The zero-order valence-electron chi connectivity index (χ0n) is 13.1. The van der Waals surface area contributed by atoms with Gasteiger partial charge in [0.15, 0.2) is 6.61 Å². The normalized spacial score (nSPS) is 10.2. The summed E-state index contributed by atoms with van der Waals surface area (Å²) in [5.41, 5.74) is 5.66. The molecule has 0 saturated carbocycles. The number of carbonyl (C=O) groups excluding carboxylic acids is 2. The molecule has 2 amide bonds. The quantitative estimate of drug-likeness (QED) is 0.603. The van der Waals surface area contributed by atoms with Crippen LogP contribution in [0.3, 0.4) is 0 Å². The van der Waals surface area contributed by atoms with E-state index in [9.17, 15) is 19.7 Å². The number of nitro groups is 1. The molecule has 9 heteroatoms. The third-order valence-electron chi connectivity index (χ3n) is 3.28. The minimum Gasteiger partial charge on any atom is -0.483 e. The van der Waals surface area contributed by atoms with E-state index in [0.29, 0.717) is 10.6 Å².